The molecule has 0 atom stereocenters. The van der Waals surface area contributed by atoms with Crippen molar-refractivity contribution < 1.29 is 4.74 Å². The number of benzene rings is 1. The highest BCUT2D eigenvalue weighted by Crippen LogP contribution is 2.44. The summed E-state index contributed by atoms with van der Waals surface area (Å²) >= 11 is 3.41. The Kier molecular flexibility index (Phi) is 2.79. The van der Waals surface area contributed by atoms with Crippen LogP contribution in [0.15, 0.2) is 28.7 Å². The van der Waals surface area contributed by atoms with E-state index in [2.05, 4.69) is 15.9 Å². The summed E-state index contributed by atoms with van der Waals surface area (Å²) in [5.74, 6) is 0.916. The smallest absolute Gasteiger partial charge is 0.120 e. The average molecular weight is 256 g/mol. The maximum Gasteiger partial charge on any atom is 0.120 e. The van der Waals surface area contributed by atoms with Crippen LogP contribution in [0.1, 0.15) is 12.8 Å². The van der Waals surface area contributed by atoms with E-state index in [4.69, 9.17) is 10.5 Å². The molecule has 1 aliphatic rings. The van der Waals surface area contributed by atoms with Gasteiger partial charge < -0.3 is 10.5 Å². The van der Waals surface area contributed by atoms with Gasteiger partial charge in [0.05, 0.1) is 6.61 Å². The zero-order valence-corrected chi connectivity index (χ0v) is 9.59. The molecular weight excluding hydrogens is 242 g/mol. The minimum atomic E-state index is 0.280. The number of hydrogen-bond donors (Lipinski definition) is 1. The average Bonchev–Trinajstić information content (AvgIpc) is 2.96. The molecule has 0 spiro atoms. The Morgan fingerprint density at radius 2 is 2.21 bits per heavy atom. The van der Waals surface area contributed by atoms with E-state index in [9.17, 15) is 0 Å². The van der Waals surface area contributed by atoms with Crippen molar-refractivity contribution in [3.05, 3.63) is 28.7 Å². The Balaban J connectivity index is 1.92. The van der Waals surface area contributed by atoms with Gasteiger partial charge in [-0.25, -0.2) is 0 Å². The van der Waals surface area contributed by atoms with Crippen LogP contribution in [0.4, 0.5) is 0 Å². The standard InChI is InChI=1S/C11H14BrNO/c12-9-2-1-3-10(6-9)14-8-11(7-13)4-5-11/h1-3,6H,4-5,7-8,13H2. The normalized spacial score (nSPS) is 17.9. The second kappa shape index (κ2) is 3.91. The van der Waals surface area contributed by atoms with Crippen molar-refractivity contribution in [2.45, 2.75) is 12.8 Å². The van der Waals surface area contributed by atoms with E-state index in [1.165, 1.54) is 12.8 Å². The molecule has 1 aromatic rings. The van der Waals surface area contributed by atoms with Crippen LogP contribution in [0.5, 0.6) is 5.75 Å². The minimum absolute atomic E-state index is 0.280. The van der Waals surface area contributed by atoms with Gasteiger partial charge in [-0.1, -0.05) is 22.0 Å². The SMILES string of the molecule is NCC1(COc2cccc(Br)c2)CC1. The molecule has 0 heterocycles. The highest BCUT2D eigenvalue weighted by molar-refractivity contribution is 9.10. The van der Waals surface area contributed by atoms with Crippen LogP contribution in [-0.4, -0.2) is 13.2 Å². The Morgan fingerprint density at radius 1 is 1.43 bits per heavy atom. The van der Waals surface area contributed by atoms with Gasteiger partial charge in [0, 0.05) is 16.4 Å². The van der Waals surface area contributed by atoms with Crippen molar-refractivity contribution in [3.8, 4) is 5.75 Å². The Bertz CT molecular complexity index is 323. The quantitative estimate of drug-likeness (QED) is 0.898. The van der Waals surface area contributed by atoms with Gasteiger partial charge in [0.2, 0.25) is 0 Å². The van der Waals surface area contributed by atoms with E-state index in [1.54, 1.807) is 0 Å². The maximum absolute atomic E-state index is 5.70. The van der Waals surface area contributed by atoms with Gasteiger partial charge in [-0.2, -0.15) is 0 Å². The van der Waals surface area contributed by atoms with E-state index in [0.29, 0.717) is 0 Å². The molecule has 0 bridgehead atoms. The predicted molar refractivity (Wildman–Crippen MR) is 60.4 cm³/mol. The number of hydrogen-bond acceptors (Lipinski definition) is 2. The van der Waals surface area contributed by atoms with Crippen LogP contribution in [0, 0.1) is 5.41 Å². The zero-order valence-electron chi connectivity index (χ0n) is 8.00. The van der Waals surface area contributed by atoms with E-state index in [1.807, 2.05) is 24.3 Å². The van der Waals surface area contributed by atoms with Crippen LogP contribution < -0.4 is 10.5 Å². The van der Waals surface area contributed by atoms with Crippen molar-refractivity contribution in [3.63, 3.8) is 0 Å². The fourth-order valence-corrected chi connectivity index (χ4v) is 1.76. The molecule has 14 heavy (non-hydrogen) atoms. The first kappa shape index (κ1) is 9.99. The molecule has 76 valence electrons. The van der Waals surface area contributed by atoms with Gasteiger partial charge in [0.1, 0.15) is 5.75 Å². The molecule has 0 unspecified atom stereocenters. The largest absolute Gasteiger partial charge is 0.493 e. The molecule has 1 aromatic carbocycles. The highest BCUT2D eigenvalue weighted by atomic mass is 79.9. The lowest BCUT2D eigenvalue weighted by atomic mass is 10.1. The molecule has 1 saturated carbocycles. The summed E-state index contributed by atoms with van der Waals surface area (Å²) in [6.07, 6.45) is 2.41. The number of ether oxygens (including phenoxy) is 1. The molecular formula is C11H14BrNO. The maximum atomic E-state index is 5.70. The molecule has 0 saturated heterocycles. The van der Waals surface area contributed by atoms with Gasteiger partial charge in [0.15, 0.2) is 0 Å². The fourth-order valence-electron chi connectivity index (χ4n) is 1.38. The molecule has 1 aliphatic carbocycles. The molecule has 0 aromatic heterocycles. The van der Waals surface area contributed by atoms with Crippen LogP contribution >= 0.6 is 15.9 Å². The Morgan fingerprint density at radius 3 is 2.79 bits per heavy atom. The van der Waals surface area contributed by atoms with E-state index in [-0.39, 0.29) is 5.41 Å². The lowest BCUT2D eigenvalue weighted by Gasteiger charge is -2.13. The monoisotopic (exact) mass is 255 g/mol. The first-order chi connectivity index (χ1) is 6.74. The molecule has 1 fully saturated rings. The second-order valence-electron chi connectivity index (χ2n) is 3.95. The van der Waals surface area contributed by atoms with E-state index >= 15 is 0 Å². The molecule has 2 N–H and O–H groups in total. The lowest BCUT2D eigenvalue weighted by Crippen LogP contribution is -2.22. The van der Waals surface area contributed by atoms with Gasteiger partial charge in [-0.3, -0.25) is 0 Å². The van der Waals surface area contributed by atoms with Crippen LogP contribution in [-0.2, 0) is 0 Å². The molecule has 0 radical (unpaired) electrons. The van der Waals surface area contributed by atoms with Crippen molar-refractivity contribution >= 4 is 15.9 Å². The topological polar surface area (TPSA) is 35.2 Å². The third kappa shape index (κ3) is 2.28. The van der Waals surface area contributed by atoms with Gasteiger partial charge in [-0.05, 0) is 31.0 Å². The number of nitrogens with two attached hydrogens (primary N) is 1. The summed E-state index contributed by atoms with van der Waals surface area (Å²) < 4.78 is 6.74. The van der Waals surface area contributed by atoms with Crippen molar-refractivity contribution in [2.75, 3.05) is 13.2 Å². The zero-order chi connectivity index (χ0) is 10.0. The third-order valence-electron chi connectivity index (χ3n) is 2.73. The van der Waals surface area contributed by atoms with Crippen molar-refractivity contribution in [1.29, 1.82) is 0 Å². The predicted octanol–water partition coefficient (Wildman–Crippen LogP) is 2.57. The minimum Gasteiger partial charge on any atom is -0.493 e. The van der Waals surface area contributed by atoms with Crippen LogP contribution in [0.25, 0.3) is 0 Å². The van der Waals surface area contributed by atoms with Gasteiger partial charge in [0.25, 0.3) is 0 Å². The summed E-state index contributed by atoms with van der Waals surface area (Å²) in [5.41, 5.74) is 5.95. The van der Waals surface area contributed by atoms with Gasteiger partial charge >= 0.3 is 0 Å². The Labute approximate surface area is 92.6 Å². The molecule has 2 nitrogen and oxygen atoms in total. The van der Waals surface area contributed by atoms with Crippen molar-refractivity contribution in [1.82, 2.24) is 0 Å². The lowest BCUT2D eigenvalue weighted by molar-refractivity contribution is 0.239. The fraction of sp³-hybridized carbons (Fsp3) is 0.455. The Hall–Kier alpha value is -0.540. The second-order valence-corrected chi connectivity index (χ2v) is 4.87. The summed E-state index contributed by atoms with van der Waals surface area (Å²) in [6.45, 7) is 1.49. The van der Waals surface area contributed by atoms with E-state index < -0.39 is 0 Å². The molecule has 2 rings (SSSR count). The summed E-state index contributed by atoms with van der Waals surface area (Å²) in [7, 11) is 0. The first-order valence-electron chi connectivity index (χ1n) is 4.83. The molecule has 0 amide bonds. The van der Waals surface area contributed by atoms with Crippen molar-refractivity contribution in [2.24, 2.45) is 11.1 Å². The van der Waals surface area contributed by atoms with Crippen LogP contribution in [0.2, 0.25) is 0 Å². The first-order valence-corrected chi connectivity index (χ1v) is 5.62. The molecule has 3 heteroatoms. The number of halogens is 1. The summed E-state index contributed by atoms with van der Waals surface area (Å²) in [5, 5.41) is 0. The summed E-state index contributed by atoms with van der Waals surface area (Å²) in [6, 6.07) is 7.91. The molecule has 0 aliphatic heterocycles. The highest BCUT2D eigenvalue weighted by Gasteiger charge is 2.42. The summed E-state index contributed by atoms with van der Waals surface area (Å²) in [4.78, 5) is 0. The number of rotatable bonds is 4. The van der Waals surface area contributed by atoms with Gasteiger partial charge in [-0.15, -0.1) is 0 Å². The third-order valence-corrected chi connectivity index (χ3v) is 3.22. The van der Waals surface area contributed by atoms with Crippen LogP contribution in [0.3, 0.4) is 0 Å². The van der Waals surface area contributed by atoms with E-state index in [0.717, 1.165) is 23.4 Å².